The molecule has 0 aliphatic rings. The van der Waals surface area contributed by atoms with E-state index in [0.717, 1.165) is 116 Å². The molecule has 88 heavy (non-hydrogen) atoms. The van der Waals surface area contributed by atoms with Gasteiger partial charge in [-0.2, -0.15) is 0 Å². The number of hydrogen-bond donors (Lipinski definition) is 0. The average molecular weight is 1130 g/mol. The molecule has 0 N–H and O–H groups in total. The minimum Gasteiger partial charge on any atom is -0.256 e. The van der Waals surface area contributed by atoms with Crippen molar-refractivity contribution in [1.82, 2.24) is 64.8 Å². The third kappa shape index (κ3) is 9.75. The molecule has 7 aromatic heterocycles. The van der Waals surface area contributed by atoms with E-state index in [1.165, 1.54) is 0 Å². The van der Waals surface area contributed by atoms with Crippen LogP contribution < -0.4 is 0 Å². The third-order valence-electron chi connectivity index (χ3n) is 15.6. The molecule has 0 aliphatic carbocycles. The van der Waals surface area contributed by atoms with Gasteiger partial charge in [0, 0.05) is 108 Å². The van der Waals surface area contributed by atoms with Crippen molar-refractivity contribution in [3.8, 4) is 125 Å². The first-order valence-electron chi connectivity index (χ1n) is 28.7. The zero-order valence-electron chi connectivity index (χ0n) is 46.8. The maximum absolute atomic E-state index is 5.42. The lowest BCUT2D eigenvalue weighted by Crippen LogP contribution is -2.02. The molecule has 16 rings (SSSR count). The smallest absolute Gasteiger partial charge is 0.164 e. The number of hydrogen-bond acceptors (Lipinski definition) is 13. The average Bonchev–Trinajstić information content (AvgIpc) is 1.16. The van der Waals surface area contributed by atoms with Gasteiger partial charge in [0.2, 0.25) is 0 Å². The van der Waals surface area contributed by atoms with Gasteiger partial charge in [-0.15, -0.1) is 0 Å². The Kier molecular flexibility index (Phi) is 12.8. The third-order valence-corrected chi connectivity index (χ3v) is 15.6. The summed E-state index contributed by atoms with van der Waals surface area (Å²) in [5, 5.41) is 3.82. The second-order valence-electron chi connectivity index (χ2n) is 21.1. The van der Waals surface area contributed by atoms with Gasteiger partial charge in [0.15, 0.2) is 52.4 Å². The summed E-state index contributed by atoms with van der Waals surface area (Å²) in [6.07, 6.45) is 7.33. The molecule has 0 radical (unpaired) electrons. The lowest BCUT2D eigenvalue weighted by molar-refractivity contribution is 1.07. The molecule has 0 unspecified atom stereocenters. The van der Waals surface area contributed by atoms with Crippen LogP contribution >= 0.6 is 0 Å². The first kappa shape index (κ1) is 51.3. The molecule has 0 saturated carbocycles. The van der Waals surface area contributed by atoms with Crippen molar-refractivity contribution >= 4 is 43.6 Å². The molecular weight excluding hydrogens is 1080 g/mol. The van der Waals surface area contributed by atoms with E-state index >= 15 is 0 Å². The maximum atomic E-state index is 5.42. The molecular formula is C75H45N13. The van der Waals surface area contributed by atoms with Crippen molar-refractivity contribution < 1.29 is 0 Å². The molecule has 410 valence electrons. The fraction of sp³-hybridized carbons (Fsp3) is 0. The van der Waals surface area contributed by atoms with Crippen LogP contribution in [0, 0.1) is 0 Å². The molecule has 0 atom stereocenters. The molecule has 0 spiro atoms. The predicted molar refractivity (Wildman–Crippen MR) is 348 cm³/mol. The second-order valence-corrected chi connectivity index (χ2v) is 21.1. The molecule has 7 heterocycles. The monoisotopic (exact) mass is 1130 g/mol. The van der Waals surface area contributed by atoms with Crippen LogP contribution in [0.1, 0.15) is 0 Å². The summed E-state index contributed by atoms with van der Waals surface area (Å²) in [7, 11) is 0. The number of aromatic nitrogens is 13. The fourth-order valence-electron chi connectivity index (χ4n) is 11.3. The Hall–Kier alpha value is -12.4. The van der Waals surface area contributed by atoms with E-state index in [2.05, 4.69) is 54.6 Å². The Morgan fingerprint density at radius 1 is 0.182 bits per heavy atom. The summed E-state index contributed by atoms with van der Waals surface area (Å²) in [4.78, 5) is 66.0. The van der Waals surface area contributed by atoms with E-state index in [1.807, 2.05) is 219 Å². The summed E-state index contributed by atoms with van der Waals surface area (Å²) >= 11 is 0. The van der Waals surface area contributed by atoms with Gasteiger partial charge in [-0.25, -0.2) is 44.9 Å². The van der Waals surface area contributed by atoms with E-state index in [9.17, 15) is 0 Å². The quantitative estimate of drug-likeness (QED) is 0.112. The number of rotatable bonds is 11. The number of pyridine rings is 4. The molecule has 16 aromatic rings. The highest BCUT2D eigenvalue weighted by atomic mass is 15.1. The SMILES string of the molecule is c1ccc(-c2nc(-c3ccccc3)nc(-c3ccc(-c4nc(-c5ccc(-c6nc(-c7ccccc7)nc(-c7ccccc7)n6)cc5)nc(-c5cc(-c6c7cccnc7cc7cccnc67)cc(-c6c7cccnc7cc7cccnc67)c5)n4)cc3)n2)cc1. The maximum Gasteiger partial charge on any atom is 0.164 e. The van der Waals surface area contributed by atoms with Crippen LogP contribution in [0.2, 0.25) is 0 Å². The van der Waals surface area contributed by atoms with Crippen LogP contribution in [0.15, 0.2) is 274 Å². The van der Waals surface area contributed by atoms with Crippen molar-refractivity contribution in [2.45, 2.75) is 0 Å². The van der Waals surface area contributed by atoms with E-state index in [1.54, 1.807) is 0 Å². The first-order chi connectivity index (χ1) is 43.6. The summed E-state index contributed by atoms with van der Waals surface area (Å²) in [6, 6.07) is 82.8. The van der Waals surface area contributed by atoms with Gasteiger partial charge in [0.05, 0.1) is 22.1 Å². The molecule has 13 nitrogen and oxygen atoms in total. The van der Waals surface area contributed by atoms with E-state index < -0.39 is 0 Å². The standard InChI is InChI=1S/C75H45N13/c1-5-17-46(18-6-1)67-80-68(47-19-7-2-8-20-47)83-71(82-67)50-29-33-52(34-30-50)73-86-74(53-35-31-51(32-36-53)72-84-69(48-21-9-3-10-22-48)81-70(85-72)49-23-11-4-12-24-49)88-75(87-73)58-42-56(63-59-27-15-37-76-61(59)44-54-25-13-39-78-65(54)63)41-57(43-58)64-60-28-16-38-77-62(60)45-55-26-14-40-79-66(55)64/h1-45H. The zero-order chi connectivity index (χ0) is 58.3. The molecule has 0 bridgehead atoms. The van der Waals surface area contributed by atoms with Crippen LogP contribution in [0.4, 0.5) is 0 Å². The molecule has 0 saturated heterocycles. The fourth-order valence-corrected chi connectivity index (χ4v) is 11.3. The van der Waals surface area contributed by atoms with Crippen molar-refractivity contribution in [3.05, 3.63) is 274 Å². The first-order valence-corrected chi connectivity index (χ1v) is 28.7. The highest BCUT2D eigenvalue weighted by molar-refractivity contribution is 6.13. The predicted octanol–water partition coefficient (Wildman–Crippen LogP) is 16.8. The van der Waals surface area contributed by atoms with E-state index in [0.29, 0.717) is 52.4 Å². The van der Waals surface area contributed by atoms with Gasteiger partial charge in [-0.05, 0) is 65.7 Å². The molecule has 13 heteroatoms. The molecule has 0 aliphatic heterocycles. The summed E-state index contributed by atoms with van der Waals surface area (Å²) in [5.74, 6) is 4.70. The van der Waals surface area contributed by atoms with E-state index in [4.69, 9.17) is 64.8 Å². The topological polar surface area (TPSA) is 168 Å². The van der Waals surface area contributed by atoms with Crippen molar-refractivity contribution in [2.75, 3.05) is 0 Å². The number of nitrogens with zero attached hydrogens (tertiary/aromatic N) is 13. The Bertz CT molecular complexity index is 4760. The normalized spacial score (nSPS) is 11.4. The largest absolute Gasteiger partial charge is 0.256 e. The van der Waals surface area contributed by atoms with Crippen LogP contribution in [0.25, 0.3) is 168 Å². The lowest BCUT2D eigenvalue weighted by atomic mass is 9.90. The second kappa shape index (κ2) is 22.0. The van der Waals surface area contributed by atoms with Gasteiger partial charge in [0.1, 0.15) is 0 Å². The number of fused-ring (bicyclic) bond motifs is 4. The van der Waals surface area contributed by atoms with Gasteiger partial charge in [-0.1, -0.05) is 194 Å². The highest BCUT2D eigenvalue weighted by Crippen LogP contribution is 2.43. The Labute approximate surface area is 504 Å². The van der Waals surface area contributed by atoms with Crippen molar-refractivity contribution in [1.29, 1.82) is 0 Å². The van der Waals surface area contributed by atoms with Gasteiger partial charge >= 0.3 is 0 Å². The van der Waals surface area contributed by atoms with Crippen LogP contribution in [-0.4, -0.2) is 64.8 Å². The minimum atomic E-state index is 0.442. The number of benzene rings is 9. The Morgan fingerprint density at radius 2 is 0.432 bits per heavy atom. The van der Waals surface area contributed by atoms with E-state index in [-0.39, 0.29) is 0 Å². The summed E-state index contributed by atoms with van der Waals surface area (Å²) in [6.45, 7) is 0. The van der Waals surface area contributed by atoms with Crippen LogP contribution in [-0.2, 0) is 0 Å². The summed E-state index contributed by atoms with van der Waals surface area (Å²) < 4.78 is 0. The van der Waals surface area contributed by atoms with Gasteiger partial charge in [0.25, 0.3) is 0 Å². The highest BCUT2D eigenvalue weighted by Gasteiger charge is 2.22. The molecule has 9 aromatic carbocycles. The minimum absolute atomic E-state index is 0.442. The van der Waals surface area contributed by atoms with Crippen LogP contribution in [0.3, 0.4) is 0 Å². The Morgan fingerprint density at radius 3 is 0.739 bits per heavy atom. The lowest BCUT2D eigenvalue weighted by Gasteiger charge is -2.16. The van der Waals surface area contributed by atoms with Crippen LogP contribution in [0.5, 0.6) is 0 Å². The van der Waals surface area contributed by atoms with Gasteiger partial charge in [-0.3, -0.25) is 19.9 Å². The van der Waals surface area contributed by atoms with Crippen molar-refractivity contribution in [3.63, 3.8) is 0 Å². The zero-order valence-corrected chi connectivity index (χ0v) is 46.8. The van der Waals surface area contributed by atoms with Gasteiger partial charge < -0.3 is 0 Å². The molecule has 0 fully saturated rings. The molecule has 0 amide bonds. The summed E-state index contributed by atoms with van der Waals surface area (Å²) in [5.41, 5.74) is 14.4. The van der Waals surface area contributed by atoms with Crippen molar-refractivity contribution in [2.24, 2.45) is 0 Å². The Balaban J connectivity index is 0.896.